The number of methoxy groups -OCH3 is 1. The van der Waals surface area contributed by atoms with Crippen molar-refractivity contribution in [3.63, 3.8) is 0 Å². The first-order valence-corrected chi connectivity index (χ1v) is 5.58. The first-order chi connectivity index (χ1) is 7.29. The summed E-state index contributed by atoms with van der Waals surface area (Å²) >= 11 is 0. The van der Waals surface area contributed by atoms with Gasteiger partial charge in [-0.25, -0.2) is 0 Å². The van der Waals surface area contributed by atoms with Gasteiger partial charge in [-0.3, -0.25) is 4.68 Å². The highest BCUT2D eigenvalue weighted by molar-refractivity contribution is 5.38. The van der Waals surface area contributed by atoms with Crippen molar-refractivity contribution < 1.29 is 4.74 Å². The first kappa shape index (κ1) is 10.5. The fraction of sp³-hybridized carbons (Fsp3) is 0.727. The predicted octanol–water partition coefficient (Wildman–Crippen LogP) is 1.57. The molecule has 2 rings (SSSR count). The molecule has 0 radical (unpaired) electrons. The van der Waals surface area contributed by atoms with Crippen molar-refractivity contribution in [3.05, 3.63) is 11.8 Å². The zero-order valence-corrected chi connectivity index (χ0v) is 9.49. The van der Waals surface area contributed by atoms with Gasteiger partial charge in [-0.05, 0) is 19.3 Å². The van der Waals surface area contributed by atoms with Crippen molar-refractivity contribution >= 4 is 5.82 Å². The molecule has 0 unspecified atom stereocenters. The Morgan fingerprint density at radius 2 is 2.40 bits per heavy atom. The number of hydrogen-bond acceptors (Lipinski definition) is 3. The second-order valence-corrected chi connectivity index (χ2v) is 4.16. The summed E-state index contributed by atoms with van der Waals surface area (Å²) < 4.78 is 6.96. The lowest BCUT2D eigenvalue weighted by Crippen LogP contribution is -2.27. The van der Waals surface area contributed by atoms with E-state index in [0.717, 1.165) is 24.5 Å². The monoisotopic (exact) mass is 209 g/mol. The molecular weight excluding hydrogens is 190 g/mol. The molecule has 0 saturated heterocycles. The second-order valence-electron chi connectivity index (χ2n) is 4.16. The average Bonchev–Trinajstić information content (AvgIpc) is 2.50. The Balaban J connectivity index is 1.94. The highest BCUT2D eigenvalue weighted by atomic mass is 16.5. The molecule has 1 saturated carbocycles. The zero-order chi connectivity index (χ0) is 10.7. The van der Waals surface area contributed by atoms with Crippen molar-refractivity contribution in [2.45, 2.75) is 31.7 Å². The zero-order valence-electron chi connectivity index (χ0n) is 9.49. The minimum atomic E-state index is 0.663. The van der Waals surface area contributed by atoms with Crippen LogP contribution in [0.2, 0.25) is 0 Å². The van der Waals surface area contributed by atoms with Gasteiger partial charge in [-0.15, -0.1) is 0 Å². The highest BCUT2D eigenvalue weighted by Gasteiger charge is 2.18. The Labute approximate surface area is 90.6 Å². The van der Waals surface area contributed by atoms with Gasteiger partial charge >= 0.3 is 0 Å². The Kier molecular flexibility index (Phi) is 3.26. The van der Waals surface area contributed by atoms with E-state index >= 15 is 0 Å². The van der Waals surface area contributed by atoms with E-state index in [-0.39, 0.29) is 0 Å². The van der Waals surface area contributed by atoms with E-state index in [1.807, 2.05) is 11.7 Å². The third-order valence-electron chi connectivity index (χ3n) is 2.95. The molecule has 4 nitrogen and oxygen atoms in total. The van der Waals surface area contributed by atoms with Gasteiger partial charge in [-0.2, -0.15) is 5.10 Å². The normalized spacial score (nSPS) is 16.4. The molecule has 1 heterocycles. The fourth-order valence-electron chi connectivity index (χ4n) is 1.75. The largest absolute Gasteiger partial charge is 0.384 e. The molecule has 1 aromatic heterocycles. The van der Waals surface area contributed by atoms with Gasteiger partial charge in [0.15, 0.2) is 0 Å². The van der Waals surface area contributed by atoms with Gasteiger partial charge in [0, 0.05) is 32.7 Å². The summed E-state index contributed by atoms with van der Waals surface area (Å²) in [4.78, 5) is 0. The van der Waals surface area contributed by atoms with Crippen LogP contribution in [0.1, 0.15) is 25.0 Å². The summed E-state index contributed by atoms with van der Waals surface area (Å²) in [5, 5.41) is 7.94. The predicted molar refractivity (Wildman–Crippen MR) is 60.0 cm³/mol. The summed E-state index contributed by atoms with van der Waals surface area (Å²) in [6.45, 7) is 0.736. The number of anilines is 1. The van der Waals surface area contributed by atoms with Gasteiger partial charge in [0.05, 0.1) is 12.3 Å². The van der Waals surface area contributed by atoms with Crippen LogP contribution in [0.4, 0.5) is 5.82 Å². The summed E-state index contributed by atoms with van der Waals surface area (Å²) in [6.07, 6.45) is 4.82. The minimum Gasteiger partial charge on any atom is -0.384 e. The van der Waals surface area contributed by atoms with Crippen LogP contribution in [0.3, 0.4) is 0 Å². The molecule has 1 fully saturated rings. The van der Waals surface area contributed by atoms with Gasteiger partial charge in [0.2, 0.25) is 0 Å². The minimum absolute atomic E-state index is 0.663. The van der Waals surface area contributed by atoms with Crippen LogP contribution in [0.5, 0.6) is 0 Å². The lowest BCUT2D eigenvalue weighted by atomic mass is 9.93. The Morgan fingerprint density at radius 1 is 1.60 bits per heavy atom. The van der Waals surface area contributed by atoms with E-state index in [4.69, 9.17) is 4.74 Å². The quantitative estimate of drug-likeness (QED) is 0.800. The molecule has 84 valence electrons. The van der Waals surface area contributed by atoms with Crippen molar-refractivity contribution in [3.8, 4) is 0 Å². The summed E-state index contributed by atoms with van der Waals surface area (Å²) in [6, 6.07) is 2.79. The molecule has 0 aliphatic heterocycles. The van der Waals surface area contributed by atoms with E-state index in [1.165, 1.54) is 19.3 Å². The SMILES string of the molecule is COCCc1cc(NC2CCC2)n(C)n1. The van der Waals surface area contributed by atoms with E-state index in [1.54, 1.807) is 7.11 Å². The van der Waals surface area contributed by atoms with E-state index in [0.29, 0.717) is 6.04 Å². The molecule has 4 heteroatoms. The number of nitrogens with one attached hydrogen (secondary N) is 1. The van der Waals surface area contributed by atoms with E-state index < -0.39 is 0 Å². The smallest absolute Gasteiger partial charge is 0.124 e. The Morgan fingerprint density at radius 3 is 3.00 bits per heavy atom. The lowest BCUT2D eigenvalue weighted by molar-refractivity contribution is 0.201. The number of hydrogen-bond donors (Lipinski definition) is 1. The maximum absolute atomic E-state index is 5.04. The maximum Gasteiger partial charge on any atom is 0.124 e. The van der Waals surface area contributed by atoms with Gasteiger partial charge in [-0.1, -0.05) is 0 Å². The molecule has 1 aliphatic carbocycles. The Bertz CT molecular complexity index is 318. The van der Waals surface area contributed by atoms with Crippen molar-refractivity contribution in [2.24, 2.45) is 7.05 Å². The number of aromatic nitrogens is 2. The summed E-state index contributed by atoms with van der Waals surface area (Å²) in [5.74, 6) is 1.13. The van der Waals surface area contributed by atoms with Crippen molar-refractivity contribution in [2.75, 3.05) is 19.0 Å². The van der Waals surface area contributed by atoms with Crippen LogP contribution >= 0.6 is 0 Å². The molecule has 1 N–H and O–H groups in total. The number of ether oxygens (including phenoxy) is 1. The van der Waals surface area contributed by atoms with Crippen LogP contribution in [0.25, 0.3) is 0 Å². The van der Waals surface area contributed by atoms with E-state index in [2.05, 4.69) is 16.5 Å². The van der Waals surface area contributed by atoms with Crippen LogP contribution < -0.4 is 5.32 Å². The molecular formula is C11H19N3O. The third kappa shape index (κ3) is 2.50. The molecule has 0 bridgehead atoms. The van der Waals surface area contributed by atoms with Gasteiger partial charge < -0.3 is 10.1 Å². The first-order valence-electron chi connectivity index (χ1n) is 5.58. The van der Waals surface area contributed by atoms with E-state index in [9.17, 15) is 0 Å². The number of aryl methyl sites for hydroxylation is 1. The van der Waals surface area contributed by atoms with Crippen LogP contribution in [-0.4, -0.2) is 29.5 Å². The molecule has 15 heavy (non-hydrogen) atoms. The second kappa shape index (κ2) is 4.66. The Hall–Kier alpha value is -1.03. The molecule has 1 aliphatic rings. The highest BCUT2D eigenvalue weighted by Crippen LogP contribution is 2.23. The summed E-state index contributed by atoms with van der Waals surface area (Å²) in [7, 11) is 3.70. The lowest BCUT2D eigenvalue weighted by Gasteiger charge is -2.27. The van der Waals surface area contributed by atoms with Crippen LogP contribution in [0.15, 0.2) is 6.07 Å². The number of rotatable bonds is 5. The van der Waals surface area contributed by atoms with Crippen LogP contribution in [-0.2, 0) is 18.2 Å². The topological polar surface area (TPSA) is 39.1 Å². The third-order valence-corrected chi connectivity index (χ3v) is 2.95. The molecule has 1 aromatic rings. The number of nitrogens with zero attached hydrogens (tertiary/aromatic N) is 2. The maximum atomic E-state index is 5.04. The average molecular weight is 209 g/mol. The molecule has 0 amide bonds. The summed E-state index contributed by atoms with van der Waals surface area (Å²) in [5.41, 5.74) is 1.10. The fourth-order valence-corrected chi connectivity index (χ4v) is 1.75. The van der Waals surface area contributed by atoms with Crippen molar-refractivity contribution in [1.29, 1.82) is 0 Å². The molecule has 0 spiro atoms. The molecule has 0 atom stereocenters. The molecule has 0 aromatic carbocycles. The van der Waals surface area contributed by atoms with Crippen LogP contribution in [0, 0.1) is 0 Å². The van der Waals surface area contributed by atoms with Gasteiger partial charge in [0.25, 0.3) is 0 Å². The van der Waals surface area contributed by atoms with Gasteiger partial charge in [0.1, 0.15) is 5.82 Å². The standard InChI is InChI=1S/C11H19N3O/c1-14-11(12-9-4-3-5-9)8-10(13-14)6-7-15-2/h8-9,12H,3-7H2,1-2H3. The van der Waals surface area contributed by atoms with Crippen molar-refractivity contribution in [1.82, 2.24) is 9.78 Å².